The highest BCUT2D eigenvalue weighted by atomic mass is 32.2. The van der Waals surface area contributed by atoms with Crippen LogP contribution in [-0.2, 0) is 14.6 Å². The Hall–Kier alpha value is -1.56. The van der Waals surface area contributed by atoms with Crippen LogP contribution in [0, 0.1) is 0 Å². The Morgan fingerprint density at radius 1 is 1.24 bits per heavy atom. The van der Waals surface area contributed by atoms with Crippen molar-refractivity contribution in [1.29, 1.82) is 0 Å². The zero-order chi connectivity index (χ0) is 14.9. The highest BCUT2D eigenvalue weighted by molar-refractivity contribution is 7.91. The van der Waals surface area contributed by atoms with E-state index in [4.69, 9.17) is 0 Å². The molecule has 1 aromatic rings. The largest absolute Gasteiger partial charge is 0.384 e. The number of hydrogen-bond donors (Lipinski definition) is 2. The Kier molecular flexibility index (Phi) is 3.89. The molecule has 1 unspecified atom stereocenters. The third-order valence-corrected chi connectivity index (χ3v) is 6.01. The lowest BCUT2D eigenvalue weighted by molar-refractivity contribution is -0.122. The van der Waals surface area contributed by atoms with E-state index in [-0.39, 0.29) is 29.4 Å². The maximum absolute atomic E-state index is 12.2. The van der Waals surface area contributed by atoms with Gasteiger partial charge < -0.3 is 10.6 Å². The molecule has 2 aliphatic heterocycles. The summed E-state index contributed by atoms with van der Waals surface area (Å²) in [5.41, 5.74) is 2.30. The number of para-hydroxylation sites is 1. The number of benzene rings is 1. The van der Waals surface area contributed by atoms with Crippen molar-refractivity contribution < 1.29 is 13.2 Å². The van der Waals surface area contributed by atoms with Gasteiger partial charge in [0.25, 0.3) is 0 Å². The average Bonchev–Trinajstić information content (AvgIpc) is 2.85. The summed E-state index contributed by atoms with van der Waals surface area (Å²) in [6, 6.07) is 8.06. The lowest BCUT2D eigenvalue weighted by atomic mass is 9.97. The normalized spacial score (nSPS) is 24.1. The molecule has 0 spiro atoms. The van der Waals surface area contributed by atoms with Gasteiger partial charge in [-0.25, -0.2) is 8.42 Å². The third kappa shape index (κ3) is 3.37. The molecule has 1 atom stereocenters. The SMILES string of the molecule is O=C(CC1CNc2ccccc21)NC1CCS(=O)(=O)CC1. The Balaban J connectivity index is 1.54. The molecule has 0 bridgehead atoms. The molecular weight excluding hydrogens is 288 g/mol. The van der Waals surface area contributed by atoms with Gasteiger partial charge in [0.2, 0.25) is 5.91 Å². The molecule has 0 radical (unpaired) electrons. The van der Waals surface area contributed by atoms with E-state index >= 15 is 0 Å². The van der Waals surface area contributed by atoms with Crippen molar-refractivity contribution in [2.45, 2.75) is 31.2 Å². The first-order chi connectivity index (χ1) is 10.0. The lowest BCUT2D eigenvalue weighted by Crippen LogP contribution is -2.41. The number of anilines is 1. The van der Waals surface area contributed by atoms with Crippen molar-refractivity contribution in [3.63, 3.8) is 0 Å². The molecule has 3 rings (SSSR count). The molecule has 1 saturated heterocycles. The third-order valence-electron chi connectivity index (χ3n) is 4.29. The minimum atomic E-state index is -2.88. The maximum atomic E-state index is 12.2. The Morgan fingerprint density at radius 3 is 2.71 bits per heavy atom. The van der Waals surface area contributed by atoms with Crippen LogP contribution in [0.3, 0.4) is 0 Å². The van der Waals surface area contributed by atoms with Crippen molar-refractivity contribution in [1.82, 2.24) is 5.32 Å². The minimum Gasteiger partial charge on any atom is -0.384 e. The first-order valence-electron chi connectivity index (χ1n) is 7.36. The van der Waals surface area contributed by atoms with Crippen LogP contribution in [0.1, 0.15) is 30.7 Å². The monoisotopic (exact) mass is 308 g/mol. The molecule has 1 aromatic carbocycles. The highest BCUT2D eigenvalue weighted by Crippen LogP contribution is 2.33. The molecule has 1 amide bonds. The van der Waals surface area contributed by atoms with Gasteiger partial charge in [0, 0.05) is 30.6 Å². The fraction of sp³-hybridized carbons (Fsp3) is 0.533. The second-order valence-corrected chi connectivity index (χ2v) is 8.17. The zero-order valence-corrected chi connectivity index (χ0v) is 12.7. The fourth-order valence-electron chi connectivity index (χ4n) is 3.08. The van der Waals surface area contributed by atoms with E-state index in [0.717, 1.165) is 12.2 Å². The van der Waals surface area contributed by atoms with E-state index in [2.05, 4.69) is 16.7 Å². The number of rotatable bonds is 3. The summed E-state index contributed by atoms with van der Waals surface area (Å²) in [7, 11) is -2.88. The molecule has 2 aliphatic rings. The first kappa shape index (κ1) is 14.4. The molecule has 6 heteroatoms. The molecule has 5 nitrogen and oxygen atoms in total. The summed E-state index contributed by atoms with van der Waals surface area (Å²) < 4.78 is 22.8. The average molecular weight is 308 g/mol. The van der Waals surface area contributed by atoms with E-state index in [0.29, 0.717) is 19.3 Å². The number of fused-ring (bicyclic) bond motifs is 1. The van der Waals surface area contributed by atoms with Crippen molar-refractivity contribution >= 4 is 21.4 Å². The summed E-state index contributed by atoms with van der Waals surface area (Å²) in [5.74, 6) is 0.591. The van der Waals surface area contributed by atoms with Crippen LogP contribution >= 0.6 is 0 Å². The summed E-state index contributed by atoms with van der Waals surface area (Å²) in [6.07, 6.45) is 1.52. The van der Waals surface area contributed by atoms with E-state index in [1.165, 1.54) is 5.56 Å². The minimum absolute atomic E-state index is 0.00521. The van der Waals surface area contributed by atoms with Crippen LogP contribution in [0.5, 0.6) is 0 Å². The fourth-order valence-corrected chi connectivity index (χ4v) is 4.58. The molecule has 114 valence electrons. The molecule has 1 fully saturated rings. The van der Waals surface area contributed by atoms with Crippen LogP contribution in [0.25, 0.3) is 0 Å². The molecule has 0 aliphatic carbocycles. The lowest BCUT2D eigenvalue weighted by Gasteiger charge is -2.23. The van der Waals surface area contributed by atoms with Gasteiger partial charge in [0.1, 0.15) is 9.84 Å². The Bertz CT molecular complexity index is 628. The van der Waals surface area contributed by atoms with Crippen LogP contribution in [0.4, 0.5) is 5.69 Å². The smallest absolute Gasteiger partial charge is 0.220 e. The maximum Gasteiger partial charge on any atom is 0.220 e. The molecule has 2 N–H and O–H groups in total. The molecule has 2 heterocycles. The second-order valence-electron chi connectivity index (χ2n) is 5.86. The van der Waals surface area contributed by atoms with Gasteiger partial charge in [-0.1, -0.05) is 18.2 Å². The van der Waals surface area contributed by atoms with E-state index < -0.39 is 9.84 Å². The Morgan fingerprint density at radius 2 is 1.95 bits per heavy atom. The van der Waals surface area contributed by atoms with Gasteiger partial charge in [-0.2, -0.15) is 0 Å². The Labute approximate surface area is 125 Å². The van der Waals surface area contributed by atoms with Crippen LogP contribution < -0.4 is 10.6 Å². The van der Waals surface area contributed by atoms with Gasteiger partial charge in [-0.05, 0) is 24.5 Å². The van der Waals surface area contributed by atoms with Crippen LogP contribution in [-0.4, -0.2) is 38.4 Å². The van der Waals surface area contributed by atoms with Gasteiger partial charge in [-0.3, -0.25) is 4.79 Å². The van der Waals surface area contributed by atoms with Crippen molar-refractivity contribution in [2.24, 2.45) is 0 Å². The van der Waals surface area contributed by atoms with Gasteiger partial charge >= 0.3 is 0 Å². The van der Waals surface area contributed by atoms with E-state index in [1.54, 1.807) is 0 Å². The van der Waals surface area contributed by atoms with Crippen LogP contribution in [0.2, 0.25) is 0 Å². The first-order valence-corrected chi connectivity index (χ1v) is 9.18. The highest BCUT2D eigenvalue weighted by Gasteiger charge is 2.27. The van der Waals surface area contributed by atoms with Gasteiger partial charge in [-0.15, -0.1) is 0 Å². The number of hydrogen-bond acceptors (Lipinski definition) is 4. The van der Waals surface area contributed by atoms with Crippen LogP contribution in [0.15, 0.2) is 24.3 Å². The summed E-state index contributed by atoms with van der Waals surface area (Å²) >= 11 is 0. The number of sulfone groups is 1. The summed E-state index contributed by atoms with van der Waals surface area (Å²) in [6.45, 7) is 0.784. The summed E-state index contributed by atoms with van der Waals surface area (Å²) in [4.78, 5) is 12.2. The predicted octanol–water partition coefficient (Wildman–Crippen LogP) is 1.28. The quantitative estimate of drug-likeness (QED) is 0.882. The van der Waals surface area contributed by atoms with E-state index in [1.807, 2.05) is 18.2 Å². The molecular formula is C15H20N2O3S. The second kappa shape index (κ2) is 5.67. The van der Waals surface area contributed by atoms with Gasteiger partial charge in [0.05, 0.1) is 11.5 Å². The van der Waals surface area contributed by atoms with E-state index in [9.17, 15) is 13.2 Å². The molecule has 0 saturated carbocycles. The number of carbonyl (C=O) groups is 1. The molecule has 21 heavy (non-hydrogen) atoms. The number of amides is 1. The molecule has 0 aromatic heterocycles. The number of nitrogens with one attached hydrogen (secondary N) is 2. The van der Waals surface area contributed by atoms with Crippen molar-refractivity contribution in [3.05, 3.63) is 29.8 Å². The number of carbonyl (C=O) groups excluding carboxylic acids is 1. The standard InChI is InChI=1S/C15H20N2O3S/c18-15(17-12-5-7-21(19,20)8-6-12)9-11-10-16-14-4-2-1-3-13(11)14/h1-4,11-12,16H,5-10H2,(H,17,18). The predicted molar refractivity (Wildman–Crippen MR) is 82.1 cm³/mol. The summed E-state index contributed by atoms with van der Waals surface area (Å²) in [5, 5.41) is 6.29. The zero-order valence-electron chi connectivity index (χ0n) is 11.8. The van der Waals surface area contributed by atoms with Gasteiger partial charge in [0.15, 0.2) is 0 Å². The van der Waals surface area contributed by atoms with Crippen molar-refractivity contribution in [3.8, 4) is 0 Å². The van der Waals surface area contributed by atoms with Crippen molar-refractivity contribution in [2.75, 3.05) is 23.4 Å². The topological polar surface area (TPSA) is 75.3 Å².